The lowest BCUT2D eigenvalue weighted by molar-refractivity contribution is 0.146. The van der Waals surface area contributed by atoms with Crippen molar-refractivity contribution in [2.24, 2.45) is 0 Å². The molecule has 1 atom stereocenters. The summed E-state index contributed by atoms with van der Waals surface area (Å²) in [5.41, 5.74) is 2.36. The second-order valence-electron chi connectivity index (χ2n) is 6.64. The van der Waals surface area contributed by atoms with E-state index in [0.29, 0.717) is 41.9 Å². The predicted molar refractivity (Wildman–Crippen MR) is 109 cm³/mol. The van der Waals surface area contributed by atoms with Crippen molar-refractivity contribution in [1.82, 2.24) is 15.0 Å². The maximum atomic E-state index is 11.1. The standard InChI is InChI=1S/C19H18ClN4O4P/c20-15-5-3-13(4-6-15)17-10-18(23-19(22-17)14-2-1-8-21-11-14)24-9-7-16(12-24)28-29(25,26)27/h1-6,8,10-11,16H,7,9,12H2,(H2,25,26,27)/t16-/m1/s1. The van der Waals surface area contributed by atoms with Gasteiger partial charge in [-0.05, 0) is 30.7 Å². The molecular weight excluding hydrogens is 415 g/mol. The molecule has 4 rings (SSSR count). The van der Waals surface area contributed by atoms with Crippen LogP contribution in [0.3, 0.4) is 0 Å². The van der Waals surface area contributed by atoms with E-state index in [1.54, 1.807) is 24.5 Å². The van der Waals surface area contributed by atoms with Gasteiger partial charge in [0.1, 0.15) is 5.82 Å². The Morgan fingerprint density at radius 3 is 2.62 bits per heavy atom. The van der Waals surface area contributed by atoms with Crippen molar-refractivity contribution in [3.8, 4) is 22.6 Å². The van der Waals surface area contributed by atoms with E-state index in [0.717, 1.165) is 11.1 Å². The first-order valence-corrected chi connectivity index (χ1v) is 10.8. The van der Waals surface area contributed by atoms with Crippen LogP contribution in [0.1, 0.15) is 6.42 Å². The molecule has 29 heavy (non-hydrogen) atoms. The number of benzene rings is 1. The minimum absolute atomic E-state index is 0.328. The van der Waals surface area contributed by atoms with Gasteiger partial charge in [-0.3, -0.25) is 9.51 Å². The van der Waals surface area contributed by atoms with Gasteiger partial charge < -0.3 is 14.7 Å². The van der Waals surface area contributed by atoms with Crippen LogP contribution in [-0.4, -0.2) is 43.9 Å². The molecule has 1 fully saturated rings. The summed E-state index contributed by atoms with van der Waals surface area (Å²) in [5, 5.41) is 0.632. The molecule has 0 amide bonds. The molecule has 8 nitrogen and oxygen atoms in total. The lowest BCUT2D eigenvalue weighted by Crippen LogP contribution is -2.23. The minimum atomic E-state index is -4.53. The van der Waals surface area contributed by atoms with Gasteiger partial charge in [-0.2, -0.15) is 0 Å². The molecule has 0 spiro atoms. The van der Waals surface area contributed by atoms with Crippen LogP contribution in [0.2, 0.25) is 5.02 Å². The Morgan fingerprint density at radius 2 is 1.93 bits per heavy atom. The molecule has 1 aliphatic heterocycles. The SMILES string of the molecule is O=P(O)(O)O[C@@H]1CCN(c2cc(-c3ccc(Cl)cc3)nc(-c3cccnc3)n2)C1. The van der Waals surface area contributed by atoms with E-state index < -0.39 is 13.9 Å². The molecule has 150 valence electrons. The number of halogens is 1. The van der Waals surface area contributed by atoms with Gasteiger partial charge in [0.2, 0.25) is 0 Å². The molecule has 0 aliphatic carbocycles. The number of hydrogen-bond donors (Lipinski definition) is 2. The summed E-state index contributed by atoms with van der Waals surface area (Å²) in [4.78, 5) is 33.5. The van der Waals surface area contributed by atoms with Crippen molar-refractivity contribution in [2.75, 3.05) is 18.0 Å². The van der Waals surface area contributed by atoms with Crippen molar-refractivity contribution >= 4 is 25.2 Å². The third kappa shape index (κ3) is 4.98. The normalized spacial score (nSPS) is 16.9. The third-order valence-electron chi connectivity index (χ3n) is 4.53. The van der Waals surface area contributed by atoms with Crippen LogP contribution in [0.25, 0.3) is 22.6 Å². The fourth-order valence-electron chi connectivity index (χ4n) is 3.21. The van der Waals surface area contributed by atoms with E-state index in [1.807, 2.05) is 35.2 Å². The molecule has 10 heteroatoms. The van der Waals surface area contributed by atoms with Crippen molar-refractivity contribution in [3.63, 3.8) is 0 Å². The molecule has 1 aromatic carbocycles. The van der Waals surface area contributed by atoms with Crippen LogP contribution in [0.4, 0.5) is 5.82 Å². The van der Waals surface area contributed by atoms with Crippen molar-refractivity contribution < 1.29 is 18.9 Å². The van der Waals surface area contributed by atoms with E-state index in [-0.39, 0.29) is 0 Å². The Morgan fingerprint density at radius 1 is 1.14 bits per heavy atom. The van der Waals surface area contributed by atoms with Crippen molar-refractivity contribution in [1.29, 1.82) is 0 Å². The second-order valence-corrected chi connectivity index (χ2v) is 8.26. The van der Waals surface area contributed by atoms with Crippen LogP contribution < -0.4 is 4.90 Å². The molecule has 0 radical (unpaired) electrons. The van der Waals surface area contributed by atoms with Crippen LogP contribution in [0.5, 0.6) is 0 Å². The molecule has 2 N–H and O–H groups in total. The van der Waals surface area contributed by atoms with Crippen molar-refractivity contribution in [2.45, 2.75) is 12.5 Å². The molecule has 0 unspecified atom stereocenters. The Hall–Kier alpha value is -2.35. The fourth-order valence-corrected chi connectivity index (χ4v) is 3.89. The number of hydrogen-bond acceptors (Lipinski definition) is 6. The quantitative estimate of drug-likeness (QED) is 0.589. The zero-order valence-corrected chi connectivity index (χ0v) is 16.9. The maximum Gasteiger partial charge on any atom is 0.469 e. The number of rotatable bonds is 5. The smallest absolute Gasteiger partial charge is 0.354 e. The first-order chi connectivity index (χ1) is 13.9. The Balaban J connectivity index is 1.71. The predicted octanol–water partition coefficient (Wildman–Crippen LogP) is 3.55. The Bertz CT molecular complexity index is 1050. The van der Waals surface area contributed by atoms with Gasteiger partial charge in [0.15, 0.2) is 5.82 Å². The first kappa shape index (κ1) is 19.9. The third-order valence-corrected chi connectivity index (χ3v) is 5.35. The number of phosphoric acid groups is 1. The van der Waals surface area contributed by atoms with E-state index in [2.05, 4.69) is 15.0 Å². The molecule has 1 aliphatic rings. The summed E-state index contributed by atoms with van der Waals surface area (Å²) < 4.78 is 16.0. The highest BCUT2D eigenvalue weighted by Gasteiger charge is 2.30. The van der Waals surface area contributed by atoms with Crippen LogP contribution >= 0.6 is 19.4 Å². The minimum Gasteiger partial charge on any atom is -0.354 e. The number of pyridine rings is 1. The average molecular weight is 433 g/mol. The van der Waals surface area contributed by atoms with Crippen LogP contribution in [-0.2, 0) is 9.09 Å². The van der Waals surface area contributed by atoms with Gasteiger partial charge in [-0.15, -0.1) is 0 Å². The highest BCUT2D eigenvalue weighted by molar-refractivity contribution is 7.46. The lowest BCUT2D eigenvalue weighted by Gasteiger charge is -2.19. The van der Waals surface area contributed by atoms with Gasteiger partial charge in [0.05, 0.1) is 11.8 Å². The molecule has 2 aromatic heterocycles. The molecule has 3 aromatic rings. The molecular formula is C19H18ClN4O4P. The molecule has 3 heterocycles. The monoisotopic (exact) mass is 432 g/mol. The first-order valence-electron chi connectivity index (χ1n) is 8.92. The number of anilines is 1. The summed E-state index contributed by atoms with van der Waals surface area (Å²) in [6.45, 7) is 0.892. The summed E-state index contributed by atoms with van der Waals surface area (Å²) >= 11 is 6.00. The Kier molecular flexibility index (Phi) is 5.63. The highest BCUT2D eigenvalue weighted by Crippen LogP contribution is 2.40. The summed E-state index contributed by atoms with van der Waals surface area (Å²) in [6.07, 6.45) is 3.30. The zero-order valence-electron chi connectivity index (χ0n) is 15.2. The van der Waals surface area contributed by atoms with Crippen LogP contribution in [0.15, 0.2) is 54.9 Å². The topological polar surface area (TPSA) is 109 Å². The van der Waals surface area contributed by atoms with Gasteiger partial charge >= 0.3 is 7.82 Å². The maximum absolute atomic E-state index is 11.1. The van der Waals surface area contributed by atoms with E-state index in [4.69, 9.17) is 25.9 Å². The van der Waals surface area contributed by atoms with Gasteiger partial charge in [0.25, 0.3) is 0 Å². The van der Waals surface area contributed by atoms with Gasteiger partial charge in [-0.25, -0.2) is 14.5 Å². The number of phosphoric ester groups is 1. The van der Waals surface area contributed by atoms with Crippen molar-refractivity contribution in [3.05, 3.63) is 59.9 Å². The Labute approximate surface area is 172 Å². The van der Waals surface area contributed by atoms with E-state index in [1.165, 1.54) is 0 Å². The lowest BCUT2D eigenvalue weighted by atomic mass is 10.1. The zero-order chi connectivity index (χ0) is 20.4. The fraction of sp³-hybridized carbons (Fsp3) is 0.211. The van der Waals surface area contributed by atoms with Gasteiger partial charge in [0, 0.05) is 47.7 Å². The van der Waals surface area contributed by atoms with E-state index >= 15 is 0 Å². The summed E-state index contributed by atoms with van der Waals surface area (Å²) in [7, 11) is -4.53. The average Bonchev–Trinajstić information content (AvgIpc) is 3.15. The number of aromatic nitrogens is 3. The van der Waals surface area contributed by atoms with Gasteiger partial charge in [-0.1, -0.05) is 23.7 Å². The largest absolute Gasteiger partial charge is 0.469 e. The highest BCUT2D eigenvalue weighted by atomic mass is 35.5. The molecule has 0 bridgehead atoms. The van der Waals surface area contributed by atoms with Crippen LogP contribution in [0, 0.1) is 0 Å². The summed E-state index contributed by atoms with van der Waals surface area (Å²) in [5.74, 6) is 1.17. The number of nitrogens with zero attached hydrogens (tertiary/aromatic N) is 4. The summed E-state index contributed by atoms with van der Waals surface area (Å²) in [6, 6.07) is 12.9. The molecule has 0 saturated carbocycles. The van der Waals surface area contributed by atoms with E-state index in [9.17, 15) is 4.57 Å². The second kappa shape index (κ2) is 8.18. The molecule has 1 saturated heterocycles.